The highest BCUT2D eigenvalue weighted by molar-refractivity contribution is 5.29. The number of benzene rings is 1. The molecule has 28 heavy (non-hydrogen) atoms. The Kier molecular flexibility index (Phi) is 6.99. The molecule has 1 aliphatic rings. The van der Waals surface area contributed by atoms with Crippen LogP contribution >= 0.6 is 0 Å². The van der Waals surface area contributed by atoms with Crippen LogP contribution in [0.5, 0.6) is 5.75 Å². The van der Waals surface area contributed by atoms with Crippen LogP contribution in [0.4, 0.5) is 0 Å². The van der Waals surface area contributed by atoms with E-state index in [1.807, 2.05) is 24.5 Å². The third kappa shape index (κ3) is 5.50. The van der Waals surface area contributed by atoms with Crippen LogP contribution in [-0.4, -0.2) is 54.8 Å². The van der Waals surface area contributed by atoms with Crippen molar-refractivity contribution in [2.75, 3.05) is 40.0 Å². The molecule has 1 aliphatic heterocycles. The van der Waals surface area contributed by atoms with Crippen molar-refractivity contribution in [1.29, 1.82) is 0 Å². The molecule has 0 spiro atoms. The number of morpholine rings is 1. The first kappa shape index (κ1) is 20.7. The standard InChI is InChI=1S/C22H32N4O2/c1-22(2,3)21-24-14-17(15-25-21)13-23-16-20(26-9-11-28-12-10-26)18-5-7-19(27-4)8-6-18/h5-8,14-15,20,23H,9-13,16H2,1-4H3. The molecule has 1 aromatic heterocycles. The van der Waals surface area contributed by atoms with Gasteiger partial charge in [-0.2, -0.15) is 0 Å². The van der Waals surface area contributed by atoms with Crippen molar-refractivity contribution < 1.29 is 9.47 Å². The molecule has 1 atom stereocenters. The normalized spacial score (nSPS) is 16.7. The van der Waals surface area contributed by atoms with Crippen molar-refractivity contribution >= 4 is 0 Å². The zero-order valence-electron chi connectivity index (χ0n) is 17.4. The van der Waals surface area contributed by atoms with Gasteiger partial charge in [0.15, 0.2) is 0 Å². The van der Waals surface area contributed by atoms with Crippen LogP contribution in [0.25, 0.3) is 0 Å². The van der Waals surface area contributed by atoms with Gasteiger partial charge in [-0.1, -0.05) is 32.9 Å². The van der Waals surface area contributed by atoms with Crippen LogP contribution in [0.2, 0.25) is 0 Å². The predicted octanol–water partition coefficient (Wildman–Crippen LogP) is 2.95. The summed E-state index contributed by atoms with van der Waals surface area (Å²) in [5, 5.41) is 3.59. The van der Waals surface area contributed by atoms with E-state index in [1.165, 1.54) is 5.56 Å². The predicted molar refractivity (Wildman–Crippen MR) is 111 cm³/mol. The van der Waals surface area contributed by atoms with Gasteiger partial charge in [-0.25, -0.2) is 9.97 Å². The molecule has 0 radical (unpaired) electrons. The third-order valence-corrected chi connectivity index (χ3v) is 5.03. The van der Waals surface area contributed by atoms with Gasteiger partial charge in [0.05, 0.1) is 20.3 Å². The van der Waals surface area contributed by atoms with Gasteiger partial charge in [-0.15, -0.1) is 0 Å². The van der Waals surface area contributed by atoms with E-state index in [0.29, 0.717) is 6.04 Å². The summed E-state index contributed by atoms with van der Waals surface area (Å²) in [6, 6.07) is 8.66. The summed E-state index contributed by atoms with van der Waals surface area (Å²) in [6.07, 6.45) is 3.86. The van der Waals surface area contributed by atoms with Gasteiger partial charge in [-0.3, -0.25) is 4.90 Å². The average Bonchev–Trinajstić information content (AvgIpc) is 2.72. The maximum Gasteiger partial charge on any atom is 0.133 e. The van der Waals surface area contributed by atoms with Crippen molar-refractivity contribution in [2.45, 2.75) is 38.8 Å². The quantitative estimate of drug-likeness (QED) is 0.792. The lowest BCUT2D eigenvalue weighted by molar-refractivity contribution is 0.0161. The summed E-state index contributed by atoms with van der Waals surface area (Å²) in [5.41, 5.74) is 2.36. The summed E-state index contributed by atoms with van der Waals surface area (Å²) in [7, 11) is 1.70. The van der Waals surface area contributed by atoms with E-state index in [0.717, 1.165) is 56.5 Å². The number of rotatable bonds is 7. The molecule has 6 heteroatoms. The molecule has 2 heterocycles. The molecule has 1 aromatic carbocycles. The molecule has 1 fully saturated rings. The number of nitrogens with zero attached hydrogens (tertiary/aromatic N) is 3. The molecule has 3 rings (SSSR count). The first-order valence-electron chi connectivity index (χ1n) is 9.95. The lowest BCUT2D eigenvalue weighted by Gasteiger charge is -2.35. The van der Waals surface area contributed by atoms with Gasteiger partial charge in [-0.05, 0) is 17.7 Å². The molecular weight excluding hydrogens is 352 g/mol. The van der Waals surface area contributed by atoms with Crippen molar-refractivity contribution in [1.82, 2.24) is 20.2 Å². The van der Waals surface area contributed by atoms with E-state index in [1.54, 1.807) is 7.11 Å². The fourth-order valence-corrected chi connectivity index (χ4v) is 3.36. The Morgan fingerprint density at radius 3 is 2.32 bits per heavy atom. The minimum absolute atomic E-state index is 0.0260. The van der Waals surface area contributed by atoms with Crippen LogP contribution in [-0.2, 0) is 16.7 Å². The minimum atomic E-state index is -0.0260. The topological polar surface area (TPSA) is 59.5 Å². The second-order valence-electron chi connectivity index (χ2n) is 8.23. The lowest BCUT2D eigenvalue weighted by Crippen LogP contribution is -2.42. The molecular formula is C22H32N4O2. The minimum Gasteiger partial charge on any atom is -0.497 e. The molecule has 1 N–H and O–H groups in total. The molecule has 0 saturated carbocycles. The number of ether oxygens (including phenoxy) is 2. The van der Waals surface area contributed by atoms with E-state index < -0.39 is 0 Å². The van der Waals surface area contributed by atoms with Crippen LogP contribution in [0, 0.1) is 0 Å². The van der Waals surface area contributed by atoms with Crippen molar-refractivity contribution in [3.05, 3.63) is 53.6 Å². The Morgan fingerprint density at radius 2 is 1.75 bits per heavy atom. The van der Waals surface area contributed by atoms with Crippen LogP contribution in [0.15, 0.2) is 36.7 Å². The Morgan fingerprint density at radius 1 is 1.11 bits per heavy atom. The van der Waals surface area contributed by atoms with Gasteiger partial charge in [0.25, 0.3) is 0 Å². The zero-order valence-corrected chi connectivity index (χ0v) is 17.4. The van der Waals surface area contributed by atoms with Gasteiger partial charge in [0.2, 0.25) is 0 Å². The summed E-state index contributed by atoms with van der Waals surface area (Å²) < 4.78 is 10.8. The second kappa shape index (κ2) is 9.45. The van der Waals surface area contributed by atoms with Crippen molar-refractivity contribution in [3.8, 4) is 5.75 Å². The highest BCUT2D eigenvalue weighted by Gasteiger charge is 2.22. The summed E-state index contributed by atoms with van der Waals surface area (Å²) in [5.74, 6) is 1.76. The Balaban J connectivity index is 1.64. The Labute approximate surface area is 168 Å². The van der Waals surface area contributed by atoms with Gasteiger partial charge >= 0.3 is 0 Å². The van der Waals surface area contributed by atoms with E-state index in [4.69, 9.17) is 9.47 Å². The lowest BCUT2D eigenvalue weighted by atomic mass is 9.96. The third-order valence-electron chi connectivity index (χ3n) is 5.03. The van der Waals surface area contributed by atoms with Crippen molar-refractivity contribution in [2.24, 2.45) is 0 Å². The summed E-state index contributed by atoms with van der Waals surface area (Å²) in [6.45, 7) is 11.5. The molecule has 6 nitrogen and oxygen atoms in total. The number of aromatic nitrogens is 2. The van der Waals surface area contributed by atoms with Gasteiger partial charge < -0.3 is 14.8 Å². The molecule has 0 amide bonds. The molecule has 1 saturated heterocycles. The number of hydrogen-bond donors (Lipinski definition) is 1. The molecule has 0 bridgehead atoms. The van der Waals surface area contributed by atoms with E-state index in [9.17, 15) is 0 Å². The highest BCUT2D eigenvalue weighted by atomic mass is 16.5. The molecule has 2 aromatic rings. The fourth-order valence-electron chi connectivity index (χ4n) is 3.36. The number of nitrogens with one attached hydrogen (secondary N) is 1. The van der Waals surface area contributed by atoms with E-state index in [-0.39, 0.29) is 5.41 Å². The molecule has 1 unspecified atom stereocenters. The Bertz CT molecular complexity index is 720. The summed E-state index contributed by atoms with van der Waals surface area (Å²) in [4.78, 5) is 11.5. The molecule has 0 aliphatic carbocycles. The monoisotopic (exact) mass is 384 g/mol. The van der Waals surface area contributed by atoms with Crippen LogP contribution in [0.1, 0.15) is 43.8 Å². The first-order valence-corrected chi connectivity index (χ1v) is 9.95. The first-order chi connectivity index (χ1) is 13.5. The Hall–Kier alpha value is -2.02. The largest absolute Gasteiger partial charge is 0.497 e. The average molecular weight is 385 g/mol. The fraction of sp³-hybridized carbons (Fsp3) is 0.545. The maximum atomic E-state index is 5.54. The number of hydrogen-bond acceptors (Lipinski definition) is 6. The van der Waals surface area contributed by atoms with Gasteiger partial charge in [0, 0.05) is 55.6 Å². The summed E-state index contributed by atoms with van der Waals surface area (Å²) >= 11 is 0. The zero-order chi connectivity index (χ0) is 20.0. The second-order valence-corrected chi connectivity index (χ2v) is 8.23. The van der Waals surface area contributed by atoms with Gasteiger partial charge in [0.1, 0.15) is 11.6 Å². The van der Waals surface area contributed by atoms with E-state index in [2.05, 4.69) is 53.1 Å². The maximum absolute atomic E-state index is 5.54. The van der Waals surface area contributed by atoms with Crippen molar-refractivity contribution in [3.63, 3.8) is 0 Å². The highest BCUT2D eigenvalue weighted by Crippen LogP contribution is 2.24. The number of methoxy groups -OCH3 is 1. The molecule has 152 valence electrons. The van der Waals surface area contributed by atoms with E-state index >= 15 is 0 Å². The van der Waals surface area contributed by atoms with Crippen LogP contribution in [0.3, 0.4) is 0 Å². The SMILES string of the molecule is COc1ccc(C(CNCc2cnc(C(C)(C)C)nc2)N2CCOCC2)cc1. The van der Waals surface area contributed by atoms with Crippen LogP contribution < -0.4 is 10.1 Å². The smallest absolute Gasteiger partial charge is 0.133 e.